The summed E-state index contributed by atoms with van der Waals surface area (Å²) in [7, 11) is 0. The van der Waals surface area contributed by atoms with Crippen LogP contribution < -0.4 is 16.7 Å². The Morgan fingerprint density at radius 2 is 2.05 bits per heavy atom. The Hall–Kier alpha value is -2.08. The number of aromatic amines is 2. The molecule has 0 bridgehead atoms. The minimum Gasteiger partial charge on any atom is -0.324 e. The van der Waals surface area contributed by atoms with Gasteiger partial charge in [-0.3, -0.25) is 4.79 Å². The minimum absolute atomic E-state index is 0.230. The molecule has 0 fully saturated rings. The molecule has 0 aliphatic carbocycles. The van der Waals surface area contributed by atoms with Gasteiger partial charge < -0.3 is 21.0 Å². The Labute approximate surface area is 110 Å². The van der Waals surface area contributed by atoms with Gasteiger partial charge in [0.25, 0.3) is 0 Å². The van der Waals surface area contributed by atoms with Crippen molar-refractivity contribution in [3.8, 4) is 0 Å². The van der Waals surface area contributed by atoms with Crippen LogP contribution in [0.3, 0.4) is 0 Å². The second kappa shape index (κ2) is 4.89. The fraction of sp³-hybridized carbons (Fsp3) is 0.385. The number of hydrogen-bond acceptors (Lipinski definition) is 3. The van der Waals surface area contributed by atoms with Gasteiger partial charge in [-0.15, -0.1) is 0 Å². The SMILES string of the molecule is CCCC(C)(N)C(=O)Nc1ccc2[nH]c(=O)[nH]c2c1. The molecule has 1 aromatic carbocycles. The van der Waals surface area contributed by atoms with E-state index in [9.17, 15) is 9.59 Å². The summed E-state index contributed by atoms with van der Waals surface area (Å²) in [6, 6.07) is 5.16. The lowest BCUT2D eigenvalue weighted by molar-refractivity contribution is -0.120. The van der Waals surface area contributed by atoms with E-state index >= 15 is 0 Å². The maximum Gasteiger partial charge on any atom is 0.323 e. The van der Waals surface area contributed by atoms with Gasteiger partial charge in [0.05, 0.1) is 16.6 Å². The second-order valence-electron chi connectivity index (χ2n) is 4.96. The highest BCUT2D eigenvalue weighted by atomic mass is 16.2. The molecule has 19 heavy (non-hydrogen) atoms. The van der Waals surface area contributed by atoms with Gasteiger partial charge in [0.15, 0.2) is 0 Å². The van der Waals surface area contributed by atoms with Gasteiger partial charge in [-0.2, -0.15) is 0 Å². The number of H-pyrrole nitrogens is 2. The van der Waals surface area contributed by atoms with E-state index in [4.69, 9.17) is 5.73 Å². The first-order valence-electron chi connectivity index (χ1n) is 6.25. The highest BCUT2D eigenvalue weighted by Gasteiger charge is 2.27. The summed E-state index contributed by atoms with van der Waals surface area (Å²) in [5.74, 6) is -0.230. The average molecular weight is 262 g/mol. The summed E-state index contributed by atoms with van der Waals surface area (Å²) >= 11 is 0. The number of fused-ring (bicyclic) bond motifs is 1. The van der Waals surface area contributed by atoms with Crippen molar-refractivity contribution in [1.29, 1.82) is 0 Å². The van der Waals surface area contributed by atoms with Crippen LogP contribution in [0.15, 0.2) is 23.0 Å². The molecule has 0 aliphatic heterocycles. The number of carbonyl (C=O) groups excluding carboxylic acids is 1. The van der Waals surface area contributed by atoms with E-state index in [2.05, 4.69) is 15.3 Å². The molecule has 1 heterocycles. The number of nitrogens with two attached hydrogens (primary N) is 1. The smallest absolute Gasteiger partial charge is 0.323 e. The molecule has 2 rings (SSSR count). The number of carbonyl (C=O) groups is 1. The number of benzene rings is 1. The van der Waals surface area contributed by atoms with Gasteiger partial charge in [-0.1, -0.05) is 13.3 Å². The molecule has 6 heteroatoms. The number of hydrogen-bond donors (Lipinski definition) is 4. The largest absolute Gasteiger partial charge is 0.324 e. The Kier molecular flexibility index (Phi) is 3.44. The van der Waals surface area contributed by atoms with Crippen LogP contribution in [-0.4, -0.2) is 21.4 Å². The standard InChI is InChI=1S/C13H18N4O2/c1-3-6-13(2,14)11(18)15-8-4-5-9-10(7-8)17-12(19)16-9/h4-5,7H,3,6,14H2,1-2H3,(H,15,18)(H2,16,17,19). The van der Waals surface area contributed by atoms with E-state index in [0.29, 0.717) is 23.1 Å². The lowest BCUT2D eigenvalue weighted by Crippen LogP contribution is -2.48. The van der Waals surface area contributed by atoms with E-state index in [1.807, 2.05) is 6.92 Å². The summed E-state index contributed by atoms with van der Waals surface area (Å²) in [6.07, 6.45) is 1.45. The normalized spacial score (nSPS) is 14.3. The monoisotopic (exact) mass is 262 g/mol. The number of rotatable bonds is 4. The number of aromatic nitrogens is 2. The molecule has 2 aromatic rings. The summed E-state index contributed by atoms with van der Waals surface area (Å²) in [5, 5.41) is 2.77. The van der Waals surface area contributed by atoms with Gasteiger partial charge in [-0.25, -0.2) is 4.79 Å². The second-order valence-corrected chi connectivity index (χ2v) is 4.96. The van der Waals surface area contributed by atoms with Crippen LogP contribution in [0.5, 0.6) is 0 Å². The summed E-state index contributed by atoms with van der Waals surface area (Å²) in [6.45, 7) is 3.69. The maximum absolute atomic E-state index is 12.0. The maximum atomic E-state index is 12.0. The molecule has 1 unspecified atom stereocenters. The van der Waals surface area contributed by atoms with Crippen LogP contribution in [0.2, 0.25) is 0 Å². The summed E-state index contributed by atoms with van der Waals surface area (Å²) in [4.78, 5) is 28.5. The number of anilines is 1. The van der Waals surface area contributed by atoms with E-state index in [1.165, 1.54) is 0 Å². The van der Waals surface area contributed by atoms with Gasteiger partial charge in [-0.05, 0) is 31.5 Å². The third kappa shape index (κ3) is 2.85. The molecular weight excluding hydrogens is 244 g/mol. The van der Waals surface area contributed by atoms with Gasteiger partial charge in [0.1, 0.15) is 0 Å². The van der Waals surface area contributed by atoms with Gasteiger partial charge >= 0.3 is 5.69 Å². The first kappa shape index (κ1) is 13.4. The van der Waals surface area contributed by atoms with E-state index in [0.717, 1.165) is 6.42 Å². The highest BCUT2D eigenvalue weighted by Crippen LogP contribution is 2.17. The lowest BCUT2D eigenvalue weighted by Gasteiger charge is -2.22. The predicted octanol–water partition coefficient (Wildman–Crippen LogP) is 1.31. The third-order valence-electron chi connectivity index (χ3n) is 3.06. The topological polar surface area (TPSA) is 104 Å². The zero-order valence-corrected chi connectivity index (χ0v) is 11.0. The molecule has 6 nitrogen and oxygen atoms in total. The zero-order chi connectivity index (χ0) is 14.0. The summed E-state index contributed by atoms with van der Waals surface area (Å²) in [5.41, 5.74) is 6.76. The average Bonchev–Trinajstić information content (AvgIpc) is 2.68. The fourth-order valence-corrected chi connectivity index (χ4v) is 2.02. The number of nitrogens with one attached hydrogen (secondary N) is 3. The third-order valence-corrected chi connectivity index (χ3v) is 3.06. The van der Waals surface area contributed by atoms with Crippen molar-refractivity contribution in [1.82, 2.24) is 9.97 Å². The Morgan fingerprint density at radius 3 is 2.74 bits per heavy atom. The molecule has 5 N–H and O–H groups in total. The highest BCUT2D eigenvalue weighted by molar-refractivity contribution is 5.98. The molecule has 1 atom stereocenters. The van der Waals surface area contributed by atoms with Crippen LogP contribution in [0.1, 0.15) is 26.7 Å². The van der Waals surface area contributed by atoms with Crippen molar-refractivity contribution in [2.45, 2.75) is 32.2 Å². The molecule has 1 aromatic heterocycles. The first-order chi connectivity index (χ1) is 8.92. The van der Waals surface area contributed by atoms with Crippen LogP contribution in [-0.2, 0) is 4.79 Å². The zero-order valence-electron chi connectivity index (χ0n) is 11.0. The molecule has 0 radical (unpaired) electrons. The van der Waals surface area contributed by atoms with Crippen LogP contribution >= 0.6 is 0 Å². The van der Waals surface area contributed by atoms with E-state index < -0.39 is 5.54 Å². The Bertz CT molecular complexity index is 654. The Balaban J connectivity index is 2.21. The molecular formula is C13H18N4O2. The number of imidazole rings is 1. The Morgan fingerprint density at radius 1 is 1.37 bits per heavy atom. The molecule has 0 saturated heterocycles. The van der Waals surface area contributed by atoms with Gasteiger partial charge in [0, 0.05) is 5.69 Å². The minimum atomic E-state index is -0.894. The van der Waals surface area contributed by atoms with Crippen molar-refractivity contribution in [3.63, 3.8) is 0 Å². The number of amides is 1. The van der Waals surface area contributed by atoms with E-state index in [1.54, 1.807) is 25.1 Å². The molecule has 1 amide bonds. The van der Waals surface area contributed by atoms with Crippen LogP contribution in [0.25, 0.3) is 11.0 Å². The summed E-state index contributed by atoms with van der Waals surface area (Å²) < 4.78 is 0. The lowest BCUT2D eigenvalue weighted by atomic mass is 9.96. The van der Waals surface area contributed by atoms with Crippen molar-refractivity contribution >= 4 is 22.6 Å². The first-order valence-corrected chi connectivity index (χ1v) is 6.25. The van der Waals surface area contributed by atoms with Crippen LogP contribution in [0, 0.1) is 0 Å². The van der Waals surface area contributed by atoms with Crippen molar-refractivity contribution in [2.75, 3.05) is 5.32 Å². The van der Waals surface area contributed by atoms with Crippen LogP contribution in [0.4, 0.5) is 5.69 Å². The van der Waals surface area contributed by atoms with Crippen molar-refractivity contribution < 1.29 is 4.79 Å². The molecule has 102 valence electrons. The van der Waals surface area contributed by atoms with Gasteiger partial charge in [0.2, 0.25) is 5.91 Å². The van der Waals surface area contributed by atoms with E-state index in [-0.39, 0.29) is 11.6 Å². The predicted molar refractivity (Wildman–Crippen MR) is 75.0 cm³/mol. The quantitative estimate of drug-likeness (QED) is 0.667. The van der Waals surface area contributed by atoms with Crippen molar-refractivity contribution in [3.05, 3.63) is 28.7 Å². The molecule has 0 saturated carbocycles. The fourth-order valence-electron chi connectivity index (χ4n) is 2.02. The molecule has 0 aliphatic rings. The van der Waals surface area contributed by atoms with Crippen molar-refractivity contribution in [2.24, 2.45) is 5.73 Å². The molecule has 0 spiro atoms.